The third-order valence-corrected chi connectivity index (χ3v) is 2.36. The van der Waals surface area contributed by atoms with E-state index in [0.29, 0.717) is 18.5 Å². The number of rotatable bonds is 4. The Balaban J connectivity index is 2.89. The van der Waals surface area contributed by atoms with Crippen LogP contribution >= 0.6 is 0 Å². The van der Waals surface area contributed by atoms with Gasteiger partial charge >= 0.3 is 0 Å². The van der Waals surface area contributed by atoms with Gasteiger partial charge in [-0.05, 0) is 19.1 Å². The number of hydrogen-bond acceptors (Lipinski definition) is 4. The van der Waals surface area contributed by atoms with Crippen LogP contribution in [0.15, 0.2) is 18.2 Å². The third-order valence-electron chi connectivity index (χ3n) is 2.36. The van der Waals surface area contributed by atoms with Crippen molar-refractivity contribution in [1.29, 1.82) is 5.26 Å². The molecular weight excluding hydrogens is 204 g/mol. The molecule has 84 valence electrons. The highest BCUT2D eigenvalue weighted by molar-refractivity contribution is 5.97. The summed E-state index contributed by atoms with van der Waals surface area (Å²) < 4.78 is 0. The molecule has 1 aromatic rings. The predicted molar refractivity (Wildman–Crippen MR) is 61.6 cm³/mol. The first-order valence-electron chi connectivity index (χ1n) is 4.98. The normalized spacial score (nSPS) is 9.56. The number of anilines is 1. The van der Waals surface area contributed by atoms with Crippen molar-refractivity contribution >= 4 is 11.5 Å². The lowest BCUT2D eigenvalue weighted by Gasteiger charge is -2.18. The average molecular weight is 218 g/mol. The predicted octanol–water partition coefficient (Wildman–Crippen LogP) is 1.94. The fraction of sp³-hybridized carbons (Fsp3) is 0.333. The first-order valence-corrected chi connectivity index (χ1v) is 4.98. The SMILES string of the molecule is CC(=O)c1ccc(N(C)CCC#N)cc1O. The summed E-state index contributed by atoms with van der Waals surface area (Å²) in [5.41, 5.74) is 1.11. The number of phenolic OH excluding ortho intramolecular Hbond substituents is 1. The summed E-state index contributed by atoms with van der Waals surface area (Å²) >= 11 is 0. The van der Waals surface area contributed by atoms with Gasteiger partial charge in [0.25, 0.3) is 0 Å². The molecule has 0 aliphatic rings. The van der Waals surface area contributed by atoms with Gasteiger partial charge in [-0.2, -0.15) is 5.26 Å². The number of Topliss-reactive ketones (excluding diaryl/α,β-unsaturated/α-hetero) is 1. The summed E-state index contributed by atoms with van der Waals surface area (Å²) in [6.07, 6.45) is 0.422. The van der Waals surface area contributed by atoms with E-state index in [-0.39, 0.29) is 11.5 Å². The number of hydrogen-bond donors (Lipinski definition) is 1. The first kappa shape index (κ1) is 12.1. The van der Waals surface area contributed by atoms with Gasteiger partial charge in [-0.1, -0.05) is 0 Å². The van der Waals surface area contributed by atoms with E-state index >= 15 is 0 Å². The fourth-order valence-corrected chi connectivity index (χ4v) is 1.40. The lowest BCUT2D eigenvalue weighted by atomic mass is 10.1. The summed E-state index contributed by atoms with van der Waals surface area (Å²) in [7, 11) is 1.83. The number of nitrogens with zero attached hydrogens (tertiary/aromatic N) is 2. The van der Waals surface area contributed by atoms with Gasteiger partial charge < -0.3 is 10.0 Å². The van der Waals surface area contributed by atoms with E-state index in [1.54, 1.807) is 12.1 Å². The molecule has 4 heteroatoms. The Morgan fingerprint density at radius 3 is 2.75 bits per heavy atom. The average Bonchev–Trinajstić information content (AvgIpc) is 2.25. The Morgan fingerprint density at radius 2 is 2.25 bits per heavy atom. The Bertz CT molecular complexity index is 435. The largest absolute Gasteiger partial charge is 0.507 e. The molecule has 4 nitrogen and oxygen atoms in total. The lowest BCUT2D eigenvalue weighted by Crippen LogP contribution is -2.18. The van der Waals surface area contributed by atoms with Crippen LogP contribution in [0.1, 0.15) is 23.7 Å². The summed E-state index contributed by atoms with van der Waals surface area (Å²) in [4.78, 5) is 13.0. The van der Waals surface area contributed by atoms with Crippen molar-refractivity contribution < 1.29 is 9.90 Å². The molecule has 0 bridgehead atoms. The van der Waals surface area contributed by atoms with Crippen LogP contribution in [-0.4, -0.2) is 24.5 Å². The van der Waals surface area contributed by atoms with Crippen molar-refractivity contribution in [2.75, 3.05) is 18.5 Å². The number of aromatic hydroxyl groups is 1. The van der Waals surface area contributed by atoms with E-state index in [0.717, 1.165) is 5.69 Å². The molecule has 0 saturated heterocycles. The van der Waals surface area contributed by atoms with Crippen LogP contribution in [0.25, 0.3) is 0 Å². The van der Waals surface area contributed by atoms with Gasteiger partial charge in [0.2, 0.25) is 0 Å². The first-order chi connectivity index (χ1) is 7.56. The van der Waals surface area contributed by atoms with Crippen LogP contribution in [0.3, 0.4) is 0 Å². The number of carbonyl (C=O) groups excluding carboxylic acids is 1. The van der Waals surface area contributed by atoms with Gasteiger partial charge in [-0.25, -0.2) is 0 Å². The maximum Gasteiger partial charge on any atom is 0.163 e. The number of nitriles is 1. The number of phenols is 1. The van der Waals surface area contributed by atoms with Gasteiger partial charge in [0.15, 0.2) is 5.78 Å². The molecule has 0 fully saturated rings. The molecule has 0 atom stereocenters. The van der Waals surface area contributed by atoms with E-state index < -0.39 is 0 Å². The van der Waals surface area contributed by atoms with E-state index in [9.17, 15) is 9.90 Å². The molecule has 0 spiro atoms. The minimum atomic E-state index is -0.163. The maximum absolute atomic E-state index is 11.1. The number of carbonyl (C=O) groups is 1. The zero-order valence-electron chi connectivity index (χ0n) is 9.40. The number of ketones is 1. The second-order valence-corrected chi connectivity index (χ2v) is 3.59. The smallest absolute Gasteiger partial charge is 0.163 e. The molecular formula is C12H14N2O2. The highest BCUT2D eigenvalue weighted by Gasteiger charge is 2.08. The van der Waals surface area contributed by atoms with Gasteiger partial charge in [0.05, 0.1) is 18.1 Å². The summed E-state index contributed by atoms with van der Waals surface area (Å²) in [5, 5.41) is 18.1. The standard InChI is InChI=1S/C12H14N2O2/c1-9(15)11-5-4-10(8-12(11)16)14(2)7-3-6-13/h4-5,8,16H,3,7H2,1-2H3. The van der Waals surface area contributed by atoms with E-state index in [1.165, 1.54) is 13.0 Å². The Hall–Kier alpha value is -2.02. The molecule has 0 aliphatic carbocycles. The summed E-state index contributed by atoms with van der Waals surface area (Å²) in [6, 6.07) is 6.94. The zero-order chi connectivity index (χ0) is 12.1. The second-order valence-electron chi connectivity index (χ2n) is 3.59. The molecule has 1 aromatic carbocycles. The van der Waals surface area contributed by atoms with E-state index in [1.807, 2.05) is 11.9 Å². The van der Waals surface area contributed by atoms with Crippen molar-refractivity contribution in [2.24, 2.45) is 0 Å². The van der Waals surface area contributed by atoms with Crippen LogP contribution < -0.4 is 4.90 Å². The molecule has 0 aliphatic heterocycles. The van der Waals surface area contributed by atoms with Crippen LogP contribution in [0.5, 0.6) is 5.75 Å². The molecule has 1 N–H and O–H groups in total. The highest BCUT2D eigenvalue weighted by Crippen LogP contribution is 2.24. The van der Waals surface area contributed by atoms with Crippen LogP contribution in [-0.2, 0) is 0 Å². The quantitative estimate of drug-likeness (QED) is 0.784. The molecule has 16 heavy (non-hydrogen) atoms. The minimum absolute atomic E-state index is 0.0196. The molecule has 0 amide bonds. The van der Waals surface area contributed by atoms with E-state index in [4.69, 9.17) is 5.26 Å². The minimum Gasteiger partial charge on any atom is -0.507 e. The molecule has 1 rings (SSSR count). The Labute approximate surface area is 94.7 Å². The third kappa shape index (κ3) is 2.74. The van der Waals surface area contributed by atoms with Gasteiger partial charge in [-0.3, -0.25) is 4.79 Å². The van der Waals surface area contributed by atoms with E-state index in [2.05, 4.69) is 6.07 Å². The summed E-state index contributed by atoms with van der Waals surface area (Å²) in [6.45, 7) is 2.00. The lowest BCUT2D eigenvalue weighted by molar-refractivity contribution is 0.101. The number of benzene rings is 1. The van der Waals surface area contributed by atoms with Gasteiger partial charge in [0, 0.05) is 25.3 Å². The van der Waals surface area contributed by atoms with Crippen LogP contribution in [0, 0.1) is 11.3 Å². The van der Waals surface area contributed by atoms with Crippen molar-refractivity contribution in [2.45, 2.75) is 13.3 Å². The maximum atomic E-state index is 11.1. The molecule has 0 saturated carbocycles. The molecule has 0 radical (unpaired) electrons. The Kier molecular flexibility index (Phi) is 3.90. The van der Waals surface area contributed by atoms with Crippen molar-refractivity contribution in [1.82, 2.24) is 0 Å². The second kappa shape index (κ2) is 5.17. The monoisotopic (exact) mass is 218 g/mol. The summed E-state index contributed by atoms with van der Waals surface area (Å²) in [5.74, 6) is -0.183. The van der Waals surface area contributed by atoms with Crippen LogP contribution in [0.4, 0.5) is 5.69 Å². The van der Waals surface area contributed by atoms with Gasteiger partial charge in [0.1, 0.15) is 5.75 Å². The van der Waals surface area contributed by atoms with Gasteiger partial charge in [-0.15, -0.1) is 0 Å². The zero-order valence-corrected chi connectivity index (χ0v) is 9.40. The van der Waals surface area contributed by atoms with Crippen molar-refractivity contribution in [3.63, 3.8) is 0 Å². The van der Waals surface area contributed by atoms with Crippen molar-refractivity contribution in [3.05, 3.63) is 23.8 Å². The highest BCUT2D eigenvalue weighted by atomic mass is 16.3. The van der Waals surface area contributed by atoms with Crippen molar-refractivity contribution in [3.8, 4) is 11.8 Å². The van der Waals surface area contributed by atoms with Crippen LogP contribution in [0.2, 0.25) is 0 Å². The fourth-order valence-electron chi connectivity index (χ4n) is 1.40. The Morgan fingerprint density at radius 1 is 1.56 bits per heavy atom. The molecule has 0 heterocycles. The topological polar surface area (TPSA) is 64.3 Å². The molecule has 0 aromatic heterocycles. The molecule has 0 unspecified atom stereocenters.